The number of aromatic nitrogens is 2. The van der Waals surface area contributed by atoms with Crippen LogP contribution in [0, 0.1) is 0 Å². The molecule has 0 aliphatic heterocycles. The Balaban J connectivity index is 2.04. The summed E-state index contributed by atoms with van der Waals surface area (Å²) >= 11 is 0. The maximum atomic E-state index is 6.12. The first-order chi connectivity index (χ1) is 10.8. The van der Waals surface area contributed by atoms with E-state index >= 15 is 0 Å². The van der Waals surface area contributed by atoms with Crippen molar-refractivity contribution in [2.45, 2.75) is 39.2 Å². The first-order valence-electron chi connectivity index (χ1n) is 8.11. The monoisotopic (exact) mass is 293 g/mol. The molecule has 1 heterocycles. The van der Waals surface area contributed by atoms with E-state index < -0.39 is 0 Å². The number of nitrogens with zero attached hydrogens (tertiary/aromatic N) is 2. The average Bonchev–Trinajstić information content (AvgIpc) is 2.93. The van der Waals surface area contributed by atoms with Crippen molar-refractivity contribution in [2.75, 3.05) is 5.73 Å². The van der Waals surface area contributed by atoms with Crippen molar-refractivity contribution in [1.82, 2.24) is 9.55 Å². The van der Waals surface area contributed by atoms with Crippen molar-refractivity contribution in [1.29, 1.82) is 0 Å². The molecule has 1 aromatic heterocycles. The van der Waals surface area contributed by atoms with Crippen molar-refractivity contribution in [2.24, 2.45) is 0 Å². The van der Waals surface area contributed by atoms with Gasteiger partial charge in [0.25, 0.3) is 0 Å². The Kier molecular flexibility index (Phi) is 4.42. The van der Waals surface area contributed by atoms with Crippen LogP contribution in [0.15, 0.2) is 48.5 Å². The fraction of sp³-hybridized carbons (Fsp3) is 0.316. The van der Waals surface area contributed by atoms with Gasteiger partial charge in [-0.25, -0.2) is 4.98 Å². The van der Waals surface area contributed by atoms with Crippen LogP contribution in [0.3, 0.4) is 0 Å². The third-order valence-corrected chi connectivity index (χ3v) is 4.08. The number of nitrogen functional groups attached to an aromatic ring is 1. The highest BCUT2D eigenvalue weighted by Gasteiger charge is 2.13. The lowest BCUT2D eigenvalue weighted by Crippen LogP contribution is -2.01. The molecule has 3 heteroatoms. The lowest BCUT2D eigenvalue weighted by molar-refractivity contribution is 0.594. The Hall–Kier alpha value is -2.29. The highest BCUT2D eigenvalue weighted by molar-refractivity contribution is 5.90. The molecule has 0 saturated heterocycles. The molecule has 0 amide bonds. The molecule has 2 aromatic carbocycles. The summed E-state index contributed by atoms with van der Waals surface area (Å²) in [5, 5.41) is 0. The average molecular weight is 293 g/mol. The predicted octanol–water partition coefficient (Wildman–Crippen LogP) is 4.87. The summed E-state index contributed by atoms with van der Waals surface area (Å²) in [4.78, 5) is 4.82. The van der Waals surface area contributed by atoms with Crippen LogP contribution in [0.1, 0.15) is 32.6 Å². The zero-order valence-corrected chi connectivity index (χ0v) is 13.1. The number of fused-ring (bicyclic) bond motifs is 1. The molecular formula is C19H23N3. The molecular weight excluding hydrogens is 270 g/mol. The van der Waals surface area contributed by atoms with Gasteiger partial charge in [0.15, 0.2) is 0 Å². The van der Waals surface area contributed by atoms with E-state index in [0.29, 0.717) is 0 Å². The largest absolute Gasteiger partial charge is 0.397 e. The first-order valence-corrected chi connectivity index (χ1v) is 8.11. The summed E-state index contributed by atoms with van der Waals surface area (Å²) in [6.45, 7) is 3.23. The Labute approximate surface area is 131 Å². The molecule has 2 N–H and O–H groups in total. The van der Waals surface area contributed by atoms with Crippen LogP contribution in [-0.4, -0.2) is 9.55 Å². The topological polar surface area (TPSA) is 43.8 Å². The molecule has 0 spiro atoms. The molecule has 0 aliphatic carbocycles. The Bertz CT molecular complexity index is 744. The van der Waals surface area contributed by atoms with E-state index in [1.54, 1.807) is 0 Å². The van der Waals surface area contributed by atoms with Gasteiger partial charge in [-0.3, -0.25) is 0 Å². The minimum absolute atomic E-state index is 0.752. The molecule has 0 saturated carbocycles. The Morgan fingerprint density at radius 1 is 0.955 bits per heavy atom. The number of rotatable bonds is 6. The van der Waals surface area contributed by atoms with E-state index in [0.717, 1.165) is 34.7 Å². The van der Waals surface area contributed by atoms with E-state index in [-0.39, 0.29) is 0 Å². The highest BCUT2D eigenvalue weighted by atomic mass is 15.1. The molecule has 0 bridgehead atoms. The molecule has 3 rings (SSSR count). The van der Waals surface area contributed by atoms with Crippen LogP contribution in [0.2, 0.25) is 0 Å². The van der Waals surface area contributed by atoms with Gasteiger partial charge in [-0.1, -0.05) is 62.6 Å². The minimum Gasteiger partial charge on any atom is -0.397 e. The number of benzene rings is 2. The Morgan fingerprint density at radius 3 is 2.55 bits per heavy atom. The molecule has 0 fully saturated rings. The van der Waals surface area contributed by atoms with Gasteiger partial charge >= 0.3 is 0 Å². The van der Waals surface area contributed by atoms with Gasteiger partial charge in [0.1, 0.15) is 11.3 Å². The van der Waals surface area contributed by atoms with Gasteiger partial charge in [-0.15, -0.1) is 0 Å². The van der Waals surface area contributed by atoms with Gasteiger partial charge in [-0.05, 0) is 18.6 Å². The summed E-state index contributed by atoms with van der Waals surface area (Å²) in [7, 11) is 0. The molecule has 3 nitrogen and oxygen atoms in total. The smallest absolute Gasteiger partial charge is 0.141 e. The Morgan fingerprint density at radius 2 is 1.77 bits per heavy atom. The van der Waals surface area contributed by atoms with Crippen LogP contribution in [-0.2, 0) is 6.54 Å². The fourth-order valence-electron chi connectivity index (χ4n) is 2.90. The van der Waals surface area contributed by atoms with Gasteiger partial charge in [-0.2, -0.15) is 0 Å². The zero-order valence-electron chi connectivity index (χ0n) is 13.1. The third kappa shape index (κ3) is 2.84. The lowest BCUT2D eigenvalue weighted by Gasteiger charge is -2.09. The number of unbranched alkanes of at least 4 members (excludes halogenated alkanes) is 3. The number of aryl methyl sites for hydroxylation is 1. The normalized spacial score (nSPS) is 11.1. The van der Waals surface area contributed by atoms with Crippen molar-refractivity contribution in [3.63, 3.8) is 0 Å². The molecule has 0 unspecified atom stereocenters. The van der Waals surface area contributed by atoms with Crippen LogP contribution in [0.4, 0.5) is 5.69 Å². The number of imidazole rings is 1. The molecule has 0 radical (unpaired) electrons. The summed E-state index contributed by atoms with van der Waals surface area (Å²) in [6, 6.07) is 16.4. The second kappa shape index (κ2) is 6.65. The quantitative estimate of drug-likeness (QED) is 0.520. The van der Waals surface area contributed by atoms with E-state index in [4.69, 9.17) is 10.7 Å². The summed E-state index contributed by atoms with van der Waals surface area (Å²) in [5.74, 6) is 1.02. The number of nitrogens with two attached hydrogens (primary N) is 1. The predicted molar refractivity (Wildman–Crippen MR) is 93.7 cm³/mol. The molecule has 114 valence electrons. The van der Waals surface area contributed by atoms with E-state index in [1.165, 1.54) is 25.7 Å². The van der Waals surface area contributed by atoms with E-state index in [1.807, 2.05) is 18.2 Å². The zero-order chi connectivity index (χ0) is 15.4. The summed E-state index contributed by atoms with van der Waals surface area (Å²) < 4.78 is 2.32. The van der Waals surface area contributed by atoms with E-state index in [2.05, 4.69) is 41.8 Å². The van der Waals surface area contributed by atoms with Crippen LogP contribution < -0.4 is 5.73 Å². The summed E-state index contributed by atoms with van der Waals surface area (Å²) in [6.07, 6.45) is 4.97. The van der Waals surface area contributed by atoms with Crippen molar-refractivity contribution < 1.29 is 0 Å². The number of hydrogen-bond donors (Lipinski definition) is 1. The first kappa shape index (κ1) is 14.6. The van der Waals surface area contributed by atoms with Crippen molar-refractivity contribution >= 4 is 16.7 Å². The van der Waals surface area contributed by atoms with Gasteiger partial charge < -0.3 is 10.3 Å². The molecule has 3 aromatic rings. The van der Waals surface area contributed by atoms with E-state index in [9.17, 15) is 0 Å². The highest BCUT2D eigenvalue weighted by Crippen LogP contribution is 2.28. The summed E-state index contributed by atoms with van der Waals surface area (Å²) in [5.41, 5.74) is 10.1. The van der Waals surface area contributed by atoms with Crippen LogP contribution in [0.25, 0.3) is 22.4 Å². The molecule has 0 aliphatic rings. The van der Waals surface area contributed by atoms with Crippen molar-refractivity contribution in [3.8, 4) is 11.4 Å². The minimum atomic E-state index is 0.752. The number of hydrogen-bond acceptors (Lipinski definition) is 2. The fourth-order valence-corrected chi connectivity index (χ4v) is 2.90. The van der Waals surface area contributed by atoms with Crippen LogP contribution >= 0.6 is 0 Å². The van der Waals surface area contributed by atoms with Gasteiger partial charge in [0.05, 0.1) is 11.2 Å². The number of anilines is 1. The van der Waals surface area contributed by atoms with Crippen LogP contribution in [0.5, 0.6) is 0 Å². The maximum Gasteiger partial charge on any atom is 0.141 e. The van der Waals surface area contributed by atoms with Gasteiger partial charge in [0.2, 0.25) is 0 Å². The standard InChI is InChI=1S/C19H23N3/c1-2-3-4-8-14-22-17-13-9-12-16(20)18(17)21-19(22)15-10-6-5-7-11-15/h5-7,9-13H,2-4,8,14,20H2,1H3. The SMILES string of the molecule is CCCCCCn1c(-c2ccccc2)nc2c(N)cccc21. The van der Waals surface area contributed by atoms with Gasteiger partial charge in [0, 0.05) is 12.1 Å². The third-order valence-electron chi connectivity index (χ3n) is 4.08. The maximum absolute atomic E-state index is 6.12. The van der Waals surface area contributed by atoms with Crippen molar-refractivity contribution in [3.05, 3.63) is 48.5 Å². The second-order valence-corrected chi connectivity index (χ2v) is 5.73. The number of para-hydroxylation sites is 1. The molecule has 0 atom stereocenters. The lowest BCUT2D eigenvalue weighted by atomic mass is 10.2. The molecule has 22 heavy (non-hydrogen) atoms. The second-order valence-electron chi connectivity index (χ2n) is 5.73.